The number of halogens is 1. The molecule has 0 spiro atoms. The van der Waals surface area contributed by atoms with E-state index in [0.29, 0.717) is 34.9 Å². The predicted molar refractivity (Wildman–Crippen MR) is 123 cm³/mol. The van der Waals surface area contributed by atoms with E-state index in [1.807, 2.05) is 49.4 Å². The minimum absolute atomic E-state index is 0.00841. The lowest BCUT2D eigenvalue weighted by Gasteiger charge is -2.27. The standard InChI is InChI=1S/C25H21BrN2O4/c1-2-30-22-11-16(10-20(26)24(22)31-14-15-6-4-3-5-7-15)23-18-9-8-17(29)12-21(18)32-25(28)19(23)13-27/h3-12,23,29H,2,14,28H2,1H3/t23-/m1/s1. The van der Waals surface area contributed by atoms with Gasteiger partial charge in [-0.15, -0.1) is 0 Å². The summed E-state index contributed by atoms with van der Waals surface area (Å²) < 4.78 is 18.2. The second-order valence-electron chi connectivity index (χ2n) is 7.18. The fourth-order valence-electron chi connectivity index (χ4n) is 3.67. The molecule has 0 saturated carbocycles. The molecule has 0 unspecified atom stereocenters. The first-order chi connectivity index (χ1) is 15.5. The molecule has 1 heterocycles. The van der Waals surface area contributed by atoms with E-state index < -0.39 is 5.92 Å². The number of phenols is 1. The maximum Gasteiger partial charge on any atom is 0.205 e. The van der Waals surface area contributed by atoms with E-state index >= 15 is 0 Å². The Hall–Kier alpha value is -3.63. The van der Waals surface area contributed by atoms with Crippen molar-refractivity contribution in [3.05, 3.63) is 93.3 Å². The number of benzene rings is 3. The molecule has 162 valence electrons. The van der Waals surface area contributed by atoms with Gasteiger partial charge in [0.05, 0.1) is 17.0 Å². The average molecular weight is 493 g/mol. The number of ether oxygens (including phenoxy) is 3. The molecule has 1 atom stereocenters. The summed E-state index contributed by atoms with van der Waals surface area (Å²) >= 11 is 3.61. The van der Waals surface area contributed by atoms with Gasteiger partial charge in [0.15, 0.2) is 11.5 Å². The van der Waals surface area contributed by atoms with Crippen molar-refractivity contribution in [3.63, 3.8) is 0 Å². The lowest BCUT2D eigenvalue weighted by atomic mass is 9.83. The Kier molecular flexibility index (Phi) is 6.24. The summed E-state index contributed by atoms with van der Waals surface area (Å²) in [6, 6.07) is 20.5. The second-order valence-corrected chi connectivity index (χ2v) is 8.04. The Labute approximate surface area is 194 Å². The highest BCUT2D eigenvalue weighted by Crippen LogP contribution is 2.47. The molecule has 3 N–H and O–H groups in total. The summed E-state index contributed by atoms with van der Waals surface area (Å²) in [6.07, 6.45) is 0. The van der Waals surface area contributed by atoms with Gasteiger partial charge in [0.1, 0.15) is 29.7 Å². The third-order valence-corrected chi connectivity index (χ3v) is 5.68. The minimum Gasteiger partial charge on any atom is -0.508 e. The summed E-state index contributed by atoms with van der Waals surface area (Å²) in [5.41, 5.74) is 8.87. The van der Waals surface area contributed by atoms with Gasteiger partial charge in [-0.05, 0) is 52.2 Å². The SMILES string of the molecule is CCOc1cc([C@H]2C(C#N)=C(N)Oc3cc(O)ccc32)cc(Br)c1OCc1ccccc1. The molecular formula is C25H21BrN2O4. The van der Waals surface area contributed by atoms with Gasteiger partial charge in [-0.3, -0.25) is 0 Å². The van der Waals surface area contributed by atoms with Crippen LogP contribution >= 0.6 is 15.9 Å². The molecule has 3 aromatic rings. The van der Waals surface area contributed by atoms with E-state index in [0.717, 1.165) is 16.7 Å². The van der Waals surface area contributed by atoms with Gasteiger partial charge in [-0.25, -0.2) is 0 Å². The quantitative estimate of drug-likeness (QED) is 0.481. The Morgan fingerprint density at radius 3 is 2.62 bits per heavy atom. The first kappa shape index (κ1) is 21.6. The highest BCUT2D eigenvalue weighted by molar-refractivity contribution is 9.10. The van der Waals surface area contributed by atoms with Crippen LogP contribution in [0.2, 0.25) is 0 Å². The first-order valence-electron chi connectivity index (χ1n) is 10.0. The summed E-state index contributed by atoms with van der Waals surface area (Å²) in [6.45, 7) is 2.72. The minimum atomic E-state index is -0.483. The molecule has 0 aliphatic carbocycles. The molecular weight excluding hydrogens is 472 g/mol. The van der Waals surface area contributed by atoms with Crippen LogP contribution in [-0.2, 0) is 6.61 Å². The molecule has 3 aromatic carbocycles. The Morgan fingerprint density at radius 2 is 1.91 bits per heavy atom. The van der Waals surface area contributed by atoms with Crippen molar-refractivity contribution in [1.29, 1.82) is 5.26 Å². The number of nitrogens with two attached hydrogens (primary N) is 1. The molecule has 0 radical (unpaired) electrons. The Balaban J connectivity index is 1.78. The van der Waals surface area contributed by atoms with Gasteiger partial charge in [-0.1, -0.05) is 36.4 Å². The maximum absolute atomic E-state index is 9.86. The number of aromatic hydroxyl groups is 1. The van der Waals surface area contributed by atoms with E-state index in [-0.39, 0.29) is 17.2 Å². The van der Waals surface area contributed by atoms with Crippen LogP contribution < -0.4 is 19.9 Å². The average Bonchev–Trinajstić information content (AvgIpc) is 2.78. The van der Waals surface area contributed by atoms with Crippen LogP contribution in [0, 0.1) is 11.3 Å². The third-order valence-electron chi connectivity index (χ3n) is 5.09. The van der Waals surface area contributed by atoms with Crippen molar-refractivity contribution in [1.82, 2.24) is 0 Å². The summed E-state index contributed by atoms with van der Waals surface area (Å²) in [4.78, 5) is 0. The summed E-state index contributed by atoms with van der Waals surface area (Å²) in [5.74, 6) is 1.11. The fraction of sp³-hybridized carbons (Fsp3) is 0.160. The number of nitriles is 1. The van der Waals surface area contributed by atoms with Gasteiger partial charge >= 0.3 is 0 Å². The van der Waals surface area contributed by atoms with Crippen molar-refractivity contribution in [2.75, 3.05) is 6.61 Å². The summed E-state index contributed by atoms with van der Waals surface area (Å²) in [7, 11) is 0. The number of fused-ring (bicyclic) bond motifs is 1. The van der Waals surface area contributed by atoms with E-state index in [1.165, 1.54) is 6.07 Å². The molecule has 1 aliphatic rings. The van der Waals surface area contributed by atoms with Crippen molar-refractivity contribution in [2.24, 2.45) is 5.73 Å². The molecule has 6 nitrogen and oxygen atoms in total. The molecule has 0 saturated heterocycles. The number of rotatable bonds is 6. The smallest absolute Gasteiger partial charge is 0.205 e. The number of nitrogens with zero attached hydrogens (tertiary/aromatic N) is 1. The lowest BCUT2D eigenvalue weighted by Crippen LogP contribution is -2.21. The van der Waals surface area contributed by atoms with Crippen LogP contribution in [0.4, 0.5) is 0 Å². The molecule has 7 heteroatoms. The zero-order valence-corrected chi connectivity index (χ0v) is 18.9. The van der Waals surface area contributed by atoms with Gasteiger partial charge in [0.25, 0.3) is 0 Å². The highest BCUT2D eigenvalue weighted by atomic mass is 79.9. The van der Waals surface area contributed by atoms with E-state index in [1.54, 1.807) is 12.1 Å². The van der Waals surface area contributed by atoms with Gasteiger partial charge in [0.2, 0.25) is 5.88 Å². The molecule has 0 bridgehead atoms. The number of hydrogen-bond acceptors (Lipinski definition) is 6. The Bertz CT molecular complexity index is 1220. The van der Waals surface area contributed by atoms with Crippen molar-refractivity contribution in [3.8, 4) is 29.1 Å². The van der Waals surface area contributed by atoms with Crippen LogP contribution in [0.5, 0.6) is 23.0 Å². The Morgan fingerprint density at radius 1 is 1.12 bits per heavy atom. The molecule has 4 rings (SSSR count). The monoisotopic (exact) mass is 492 g/mol. The topological polar surface area (TPSA) is 97.7 Å². The van der Waals surface area contributed by atoms with E-state index in [9.17, 15) is 10.4 Å². The first-order valence-corrected chi connectivity index (χ1v) is 10.8. The van der Waals surface area contributed by atoms with Gasteiger partial charge < -0.3 is 25.1 Å². The maximum atomic E-state index is 9.86. The molecule has 0 aromatic heterocycles. The molecule has 32 heavy (non-hydrogen) atoms. The predicted octanol–water partition coefficient (Wildman–Crippen LogP) is 5.35. The zero-order valence-electron chi connectivity index (χ0n) is 17.3. The van der Waals surface area contributed by atoms with Crippen LogP contribution in [0.1, 0.15) is 29.5 Å². The normalized spacial score (nSPS) is 14.8. The van der Waals surface area contributed by atoms with Crippen molar-refractivity contribution >= 4 is 15.9 Å². The summed E-state index contributed by atoms with van der Waals surface area (Å²) in [5, 5.41) is 19.7. The largest absolute Gasteiger partial charge is 0.508 e. The van der Waals surface area contributed by atoms with Crippen molar-refractivity contribution in [2.45, 2.75) is 19.4 Å². The number of phenolic OH excluding ortho intramolecular Hbond substituents is 1. The number of hydrogen-bond donors (Lipinski definition) is 2. The van der Waals surface area contributed by atoms with Crippen LogP contribution in [-0.4, -0.2) is 11.7 Å². The third kappa shape index (κ3) is 4.23. The van der Waals surface area contributed by atoms with E-state index in [4.69, 9.17) is 19.9 Å². The van der Waals surface area contributed by atoms with Gasteiger partial charge in [-0.2, -0.15) is 5.26 Å². The second kappa shape index (κ2) is 9.25. The van der Waals surface area contributed by atoms with Crippen LogP contribution in [0.15, 0.2) is 76.6 Å². The zero-order chi connectivity index (χ0) is 22.7. The number of allylic oxidation sites excluding steroid dienone is 1. The van der Waals surface area contributed by atoms with Crippen LogP contribution in [0.3, 0.4) is 0 Å². The van der Waals surface area contributed by atoms with E-state index in [2.05, 4.69) is 22.0 Å². The molecule has 0 fully saturated rings. The molecule has 0 amide bonds. The van der Waals surface area contributed by atoms with Crippen LogP contribution in [0.25, 0.3) is 0 Å². The molecule has 1 aliphatic heterocycles. The highest BCUT2D eigenvalue weighted by Gasteiger charge is 2.32. The fourth-order valence-corrected chi connectivity index (χ4v) is 4.25. The van der Waals surface area contributed by atoms with Crippen molar-refractivity contribution < 1.29 is 19.3 Å². The van der Waals surface area contributed by atoms with Gasteiger partial charge in [0, 0.05) is 11.6 Å². The lowest BCUT2D eigenvalue weighted by molar-refractivity contribution is 0.267.